The number of nitrogens with zero attached hydrogens (tertiary/aromatic N) is 1. The van der Waals surface area contributed by atoms with Gasteiger partial charge in [0.15, 0.2) is 11.5 Å². The average molecular weight is 449 g/mol. The zero-order valence-corrected chi connectivity index (χ0v) is 17.5. The summed E-state index contributed by atoms with van der Waals surface area (Å²) in [5, 5.41) is 0. The summed E-state index contributed by atoms with van der Waals surface area (Å²) in [4.78, 5) is 13.6. The Bertz CT molecular complexity index is 1310. The molecule has 7 heteroatoms. The SMILES string of the molecule is COc1ccc(C=C2c3ccccc3N3C=Cc4ccccc4C23)cc1OC(=O)C(F)(F)F. The molecule has 5 rings (SSSR count). The van der Waals surface area contributed by atoms with Crippen LogP contribution in [0.2, 0.25) is 0 Å². The van der Waals surface area contributed by atoms with Gasteiger partial charge in [-0.3, -0.25) is 0 Å². The van der Waals surface area contributed by atoms with E-state index in [0.29, 0.717) is 5.56 Å². The highest BCUT2D eigenvalue weighted by Gasteiger charge is 2.42. The Morgan fingerprint density at radius 1 is 1.00 bits per heavy atom. The van der Waals surface area contributed by atoms with Gasteiger partial charge < -0.3 is 14.4 Å². The van der Waals surface area contributed by atoms with Crippen LogP contribution < -0.4 is 14.4 Å². The van der Waals surface area contributed by atoms with Crippen molar-refractivity contribution in [2.75, 3.05) is 12.0 Å². The Morgan fingerprint density at radius 2 is 1.76 bits per heavy atom. The summed E-state index contributed by atoms with van der Waals surface area (Å²) in [7, 11) is 1.30. The number of benzene rings is 3. The number of carbonyl (C=O) groups excluding carboxylic acids is 1. The van der Waals surface area contributed by atoms with Gasteiger partial charge in [-0.25, -0.2) is 4.79 Å². The molecule has 0 aromatic heterocycles. The molecule has 0 saturated carbocycles. The zero-order chi connectivity index (χ0) is 23.2. The van der Waals surface area contributed by atoms with Gasteiger partial charge in [-0.15, -0.1) is 0 Å². The molecule has 0 bridgehead atoms. The number of methoxy groups -OCH3 is 1. The summed E-state index contributed by atoms with van der Waals surface area (Å²) in [5.41, 5.74) is 5.86. The fourth-order valence-corrected chi connectivity index (χ4v) is 4.29. The van der Waals surface area contributed by atoms with Crippen LogP contribution in [0.25, 0.3) is 17.7 Å². The van der Waals surface area contributed by atoms with Gasteiger partial charge in [-0.05, 0) is 52.6 Å². The molecule has 3 aromatic rings. The van der Waals surface area contributed by atoms with E-state index in [2.05, 4.69) is 21.8 Å². The van der Waals surface area contributed by atoms with Gasteiger partial charge in [0.1, 0.15) is 0 Å². The van der Waals surface area contributed by atoms with Gasteiger partial charge >= 0.3 is 12.1 Å². The van der Waals surface area contributed by atoms with Crippen LogP contribution in [0.1, 0.15) is 28.3 Å². The highest BCUT2D eigenvalue weighted by molar-refractivity contribution is 5.98. The molecule has 0 fully saturated rings. The highest BCUT2D eigenvalue weighted by atomic mass is 19.4. The van der Waals surface area contributed by atoms with Crippen LogP contribution in [0.15, 0.2) is 72.9 Å². The van der Waals surface area contributed by atoms with E-state index in [9.17, 15) is 18.0 Å². The number of hydrogen-bond acceptors (Lipinski definition) is 4. The van der Waals surface area contributed by atoms with Gasteiger partial charge in [0, 0.05) is 17.5 Å². The second-order valence-corrected chi connectivity index (χ2v) is 7.67. The third-order valence-corrected chi connectivity index (χ3v) is 5.72. The third-order valence-electron chi connectivity index (χ3n) is 5.72. The molecule has 0 spiro atoms. The lowest BCUT2D eigenvalue weighted by atomic mass is 9.90. The molecule has 2 aliphatic heterocycles. The molecule has 1 unspecified atom stereocenters. The van der Waals surface area contributed by atoms with E-state index < -0.39 is 12.1 Å². The van der Waals surface area contributed by atoms with Crippen molar-refractivity contribution in [1.82, 2.24) is 0 Å². The minimum atomic E-state index is -5.11. The van der Waals surface area contributed by atoms with E-state index in [-0.39, 0.29) is 17.5 Å². The van der Waals surface area contributed by atoms with Crippen molar-refractivity contribution in [3.8, 4) is 11.5 Å². The minimum absolute atomic E-state index is 0.0362. The van der Waals surface area contributed by atoms with E-state index in [4.69, 9.17) is 4.74 Å². The van der Waals surface area contributed by atoms with Crippen molar-refractivity contribution in [1.29, 1.82) is 0 Å². The van der Waals surface area contributed by atoms with Crippen LogP contribution in [0.4, 0.5) is 18.9 Å². The molecule has 0 N–H and O–H groups in total. The van der Waals surface area contributed by atoms with Crippen molar-refractivity contribution in [2.45, 2.75) is 12.2 Å². The van der Waals surface area contributed by atoms with E-state index in [0.717, 1.165) is 28.0 Å². The number of esters is 1. The first kappa shape index (κ1) is 20.9. The Labute approximate surface area is 188 Å². The van der Waals surface area contributed by atoms with E-state index >= 15 is 0 Å². The predicted molar refractivity (Wildman–Crippen MR) is 120 cm³/mol. The Balaban J connectivity index is 1.62. The maximum absolute atomic E-state index is 12.8. The molecule has 166 valence electrons. The quantitative estimate of drug-likeness (QED) is 0.350. The molecule has 0 saturated heterocycles. The van der Waals surface area contributed by atoms with Crippen molar-refractivity contribution in [3.63, 3.8) is 0 Å². The summed E-state index contributed by atoms with van der Waals surface area (Å²) in [5.74, 6) is -2.55. The summed E-state index contributed by atoms with van der Waals surface area (Å²) in [6, 6.07) is 20.5. The monoisotopic (exact) mass is 449 g/mol. The summed E-state index contributed by atoms with van der Waals surface area (Å²) < 4.78 is 47.9. The first-order valence-electron chi connectivity index (χ1n) is 10.2. The van der Waals surface area contributed by atoms with Gasteiger partial charge in [0.2, 0.25) is 0 Å². The molecule has 0 radical (unpaired) electrons. The Hall–Kier alpha value is -4.00. The van der Waals surface area contributed by atoms with E-state index in [1.807, 2.05) is 54.7 Å². The fraction of sp³-hybridized carbons (Fsp3) is 0.115. The molecule has 0 aliphatic carbocycles. The van der Waals surface area contributed by atoms with Gasteiger partial charge in [0.05, 0.1) is 13.2 Å². The number of fused-ring (bicyclic) bond motifs is 5. The lowest BCUT2D eigenvalue weighted by Gasteiger charge is -2.29. The molecule has 33 heavy (non-hydrogen) atoms. The van der Waals surface area contributed by atoms with Crippen LogP contribution in [0, 0.1) is 0 Å². The molecule has 4 nitrogen and oxygen atoms in total. The zero-order valence-electron chi connectivity index (χ0n) is 17.5. The molecule has 3 aromatic carbocycles. The smallest absolute Gasteiger partial charge is 0.491 e. The maximum Gasteiger partial charge on any atom is 0.491 e. The number of alkyl halides is 3. The molecule has 2 aliphatic rings. The van der Waals surface area contributed by atoms with Gasteiger partial charge in [-0.1, -0.05) is 48.5 Å². The number of hydrogen-bond donors (Lipinski definition) is 0. The summed E-state index contributed by atoms with van der Waals surface area (Å²) in [6.07, 6.45) is 0.900. The largest absolute Gasteiger partial charge is 0.493 e. The van der Waals surface area contributed by atoms with Gasteiger partial charge in [-0.2, -0.15) is 13.2 Å². The Kier molecular flexibility index (Phi) is 4.96. The van der Waals surface area contributed by atoms with Crippen LogP contribution in [-0.4, -0.2) is 19.3 Å². The van der Waals surface area contributed by atoms with Crippen LogP contribution in [0.3, 0.4) is 0 Å². The van der Waals surface area contributed by atoms with Crippen LogP contribution in [-0.2, 0) is 4.79 Å². The van der Waals surface area contributed by atoms with Crippen molar-refractivity contribution >= 4 is 29.4 Å². The maximum atomic E-state index is 12.8. The molecule has 2 heterocycles. The summed E-state index contributed by atoms with van der Waals surface area (Å²) in [6.45, 7) is 0. The van der Waals surface area contributed by atoms with E-state index in [1.54, 1.807) is 6.07 Å². The topological polar surface area (TPSA) is 38.8 Å². The number of para-hydroxylation sites is 1. The molecular weight excluding hydrogens is 431 g/mol. The first-order chi connectivity index (χ1) is 15.9. The fourth-order valence-electron chi connectivity index (χ4n) is 4.29. The van der Waals surface area contributed by atoms with Crippen LogP contribution >= 0.6 is 0 Å². The number of halogens is 3. The predicted octanol–water partition coefficient (Wildman–Crippen LogP) is 6.25. The van der Waals surface area contributed by atoms with Gasteiger partial charge in [0.25, 0.3) is 0 Å². The number of ether oxygens (including phenoxy) is 2. The molecule has 1 atom stereocenters. The van der Waals surface area contributed by atoms with E-state index in [1.165, 1.54) is 19.2 Å². The van der Waals surface area contributed by atoms with Crippen molar-refractivity contribution < 1.29 is 27.4 Å². The summed E-state index contributed by atoms with van der Waals surface area (Å²) >= 11 is 0. The average Bonchev–Trinajstić information content (AvgIpc) is 3.13. The lowest BCUT2D eigenvalue weighted by Crippen LogP contribution is -2.28. The third kappa shape index (κ3) is 3.65. The normalized spacial score (nSPS) is 17.4. The number of carbonyl (C=O) groups is 1. The molecule has 0 amide bonds. The van der Waals surface area contributed by atoms with Crippen LogP contribution in [0.5, 0.6) is 11.5 Å². The lowest BCUT2D eigenvalue weighted by molar-refractivity contribution is -0.189. The van der Waals surface area contributed by atoms with Crippen molar-refractivity contribution in [3.05, 3.63) is 95.2 Å². The number of anilines is 1. The standard InChI is InChI=1S/C26H18F3NO3/c1-32-22-11-10-16(15-23(22)33-25(31)26(27,28)29)14-20-19-8-4-5-9-21(19)30-13-12-17-6-2-3-7-18(17)24(20)30/h2-15,24H,1H3. The highest BCUT2D eigenvalue weighted by Crippen LogP contribution is 2.52. The van der Waals surface area contributed by atoms with Crippen molar-refractivity contribution in [2.24, 2.45) is 0 Å². The minimum Gasteiger partial charge on any atom is -0.493 e. The Morgan fingerprint density at radius 3 is 2.55 bits per heavy atom. The second kappa shape index (κ2) is 7.85. The number of rotatable bonds is 3. The molecular formula is C26H18F3NO3. The second-order valence-electron chi connectivity index (χ2n) is 7.67. The first-order valence-corrected chi connectivity index (χ1v) is 10.2.